The molecule has 1 aliphatic rings. The second-order valence-corrected chi connectivity index (χ2v) is 2.93. The standard InChI is InChI=1S/C8H17N3O/c1-2-7(12)3-4-9-8-10-5-6-11-8/h7,12H,2-6H2,1H3,(H2,9,10,11). The van der Waals surface area contributed by atoms with Crippen LogP contribution < -0.4 is 10.6 Å². The van der Waals surface area contributed by atoms with Gasteiger partial charge in [-0.1, -0.05) is 6.92 Å². The molecule has 0 amide bonds. The van der Waals surface area contributed by atoms with Gasteiger partial charge in [-0.05, 0) is 12.8 Å². The largest absolute Gasteiger partial charge is 0.393 e. The summed E-state index contributed by atoms with van der Waals surface area (Å²) in [6.07, 6.45) is 1.43. The molecular weight excluding hydrogens is 154 g/mol. The highest BCUT2D eigenvalue weighted by Crippen LogP contribution is 1.94. The second kappa shape index (κ2) is 4.98. The summed E-state index contributed by atoms with van der Waals surface area (Å²) < 4.78 is 0. The van der Waals surface area contributed by atoms with Crippen LogP contribution in [0.3, 0.4) is 0 Å². The molecule has 1 unspecified atom stereocenters. The predicted molar refractivity (Wildman–Crippen MR) is 49.2 cm³/mol. The van der Waals surface area contributed by atoms with Crippen LogP contribution in [0.2, 0.25) is 0 Å². The molecule has 1 atom stereocenters. The summed E-state index contributed by atoms with van der Waals surface area (Å²) in [5, 5.41) is 15.5. The van der Waals surface area contributed by atoms with Crippen molar-refractivity contribution >= 4 is 5.96 Å². The van der Waals surface area contributed by atoms with Crippen molar-refractivity contribution in [2.24, 2.45) is 4.99 Å². The number of aliphatic imine (C=N–C) groups is 1. The molecule has 1 aliphatic heterocycles. The first kappa shape index (κ1) is 9.32. The lowest BCUT2D eigenvalue weighted by Gasteiger charge is -2.09. The molecule has 70 valence electrons. The Hall–Kier alpha value is -0.770. The second-order valence-electron chi connectivity index (χ2n) is 2.93. The SMILES string of the molecule is CCC(O)CCNC1=NCCN1. The van der Waals surface area contributed by atoms with Gasteiger partial charge in [0.05, 0.1) is 12.6 Å². The fourth-order valence-electron chi connectivity index (χ4n) is 1.08. The lowest BCUT2D eigenvalue weighted by molar-refractivity contribution is 0.161. The van der Waals surface area contributed by atoms with E-state index in [2.05, 4.69) is 15.6 Å². The Morgan fingerprint density at radius 2 is 2.58 bits per heavy atom. The maximum absolute atomic E-state index is 9.23. The third kappa shape index (κ3) is 3.09. The monoisotopic (exact) mass is 171 g/mol. The molecule has 0 aromatic carbocycles. The summed E-state index contributed by atoms with van der Waals surface area (Å²) in [4.78, 5) is 4.17. The number of nitrogens with one attached hydrogen (secondary N) is 2. The van der Waals surface area contributed by atoms with Gasteiger partial charge in [0.25, 0.3) is 0 Å². The molecule has 0 fully saturated rings. The number of rotatable bonds is 4. The van der Waals surface area contributed by atoms with Crippen molar-refractivity contribution < 1.29 is 5.11 Å². The van der Waals surface area contributed by atoms with Crippen molar-refractivity contribution in [2.75, 3.05) is 19.6 Å². The Labute approximate surface area is 73.1 Å². The maximum atomic E-state index is 9.23. The molecule has 4 heteroatoms. The molecule has 1 rings (SSSR count). The molecule has 0 bridgehead atoms. The van der Waals surface area contributed by atoms with Gasteiger partial charge in [0.2, 0.25) is 0 Å². The fourth-order valence-corrected chi connectivity index (χ4v) is 1.08. The van der Waals surface area contributed by atoms with E-state index in [0.29, 0.717) is 0 Å². The summed E-state index contributed by atoms with van der Waals surface area (Å²) in [5.41, 5.74) is 0. The maximum Gasteiger partial charge on any atom is 0.191 e. The van der Waals surface area contributed by atoms with Crippen LogP contribution in [0.4, 0.5) is 0 Å². The summed E-state index contributed by atoms with van der Waals surface area (Å²) >= 11 is 0. The minimum Gasteiger partial charge on any atom is -0.393 e. The van der Waals surface area contributed by atoms with Crippen LogP contribution in [-0.2, 0) is 0 Å². The van der Waals surface area contributed by atoms with E-state index < -0.39 is 0 Å². The van der Waals surface area contributed by atoms with Crippen LogP contribution in [0.1, 0.15) is 19.8 Å². The van der Waals surface area contributed by atoms with Gasteiger partial charge in [-0.2, -0.15) is 0 Å². The van der Waals surface area contributed by atoms with Crippen molar-refractivity contribution in [3.05, 3.63) is 0 Å². The molecule has 0 saturated heterocycles. The Bertz CT molecular complexity index is 158. The van der Waals surface area contributed by atoms with Crippen molar-refractivity contribution in [3.63, 3.8) is 0 Å². The van der Waals surface area contributed by atoms with Crippen molar-refractivity contribution in [1.82, 2.24) is 10.6 Å². The summed E-state index contributed by atoms with van der Waals surface area (Å²) in [6, 6.07) is 0. The van der Waals surface area contributed by atoms with Gasteiger partial charge in [-0.3, -0.25) is 4.99 Å². The molecule has 3 N–H and O–H groups in total. The fraction of sp³-hybridized carbons (Fsp3) is 0.875. The van der Waals surface area contributed by atoms with E-state index in [1.807, 2.05) is 6.92 Å². The highest BCUT2D eigenvalue weighted by atomic mass is 16.3. The molecule has 4 nitrogen and oxygen atoms in total. The van der Waals surface area contributed by atoms with Crippen LogP contribution in [-0.4, -0.2) is 36.8 Å². The van der Waals surface area contributed by atoms with Crippen molar-refractivity contribution in [2.45, 2.75) is 25.9 Å². The summed E-state index contributed by atoms with van der Waals surface area (Å²) in [5.74, 6) is 0.873. The van der Waals surface area contributed by atoms with E-state index in [1.165, 1.54) is 0 Å². The number of guanidine groups is 1. The zero-order valence-electron chi connectivity index (χ0n) is 7.51. The smallest absolute Gasteiger partial charge is 0.191 e. The first-order valence-electron chi connectivity index (χ1n) is 4.53. The molecule has 0 aromatic heterocycles. The number of aliphatic hydroxyl groups is 1. The molecule has 0 radical (unpaired) electrons. The third-order valence-corrected chi connectivity index (χ3v) is 1.92. The Morgan fingerprint density at radius 1 is 1.75 bits per heavy atom. The van der Waals surface area contributed by atoms with Crippen molar-refractivity contribution in [1.29, 1.82) is 0 Å². The Morgan fingerprint density at radius 3 is 3.17 bits per heavy atom. The van der Waals surface area contributed by atoms with E-state index in [9.17, 15) is 5.11 Å². The first-order valence-corrected chi connectivity index (χ1v) is 4.53. The Kier molecular flexibility index (Phi) is 3.87. The van der Waals surface area contributed by atoms with Crippen LogP contribution in [0.25, 0.3) is 0 Å². The topological polar surface area (TPSA) is 56.6 Å². The highest BCUT2D eigenvalue weighted by Gasteiger charge is 2.04. The molecule has 0 spiro atoms. The normalized spacial score (nSPS) is 18.3. The third-order valence-electron chi connectivity index (χ3n) is 1.92. The highest BCUT2D eigenvalue weighted by molar-refractivity contribution is 5.81. The van der Waals surface area contributed by atoms with Crippen molar-refractivity contribution in [3.8, 4) is 0 Å². The number of aliphatic hydroxyl groups excluding tert-OH is 1. The van der Waals surface area contributed by atoms with Gasteiger partial charge in [-0.15, -0.1) is 0 Å². The van der Waals surface area contributed by atoms with E-state index in [1.54, 1.807) is 0 Å². The molecular formula is C8H17N3O. The average molecular weight is 171 g/mol. The average Bonchev–Trinajstić information content (AvgIpc) is 2.57. The van der Waals surface area contributed by atoms with Crippen LogP contribution >= 0.6 is 0 Å². The summed E-state index contributed by atoms with van der Waals surface area (Å²) in [6.45, 7) is 4.56. The van der Waals surface area contributed by atoms with Gasteiger partial charge >= 0.3 is 0 Å². The first-order chi connectivity index (χ1) is 5.83. The van der Waals surface area contributed by atoms with Crippen LogP contribution in [0, 0.1) is 0 Å². The number of nitrogens with zero attached hydrogens (tertiary/aromatic N) is 1. The predicted octanol–water partition coefficient (Wildman–Crippen LogP) is -0.304. The molecule has 12 heavy (non-hydrogen) atoms. The Balaban J connectivity index is 2.01. The molecule has 0 aromatic rings. The lowest BCUT2D eigenvalue weighted by Crippen LogP contribution is -2.35. The van der Waals surface area contributed by atoms with Crippen LogP contribution in [0.15, 0.2) is 4.99 Å². The minimum absolute atomic E-state index is 0.181. The van der Waals surface area contributed by atoms with E-state index in [4.69, 9.17) is 0 Å². The van der Waals surface area contributed by atoms with E-state index in [-0.39, 0.29) is 6.10 Å². The van der Waals surface area contributed by atoms with Gasteiger partial charge in [-0.25, -0.2) is 0 Å². The molecule has 1 heterocycles. The lowest BCUT2D eigenvalue weighted by atomic mass is 10.2. The number of hydrogen-bond acceptors (Lipinski definition) is 4. The quantitative estimate of drug-likeness (QED) is 0.544. The minimum atomic E-state index is -0.181. The van der Waals surface area contributed by atoms with E-state index in [0.717, 1.165) is 38.4 Å². The molecule has 0 saturated carbocycles. The van der Waals surface area contributed by atoms with E-state index >= 15 is 0 Å². The van der Waals surface area contributed by atoms with Crippen LogP contribution in [0.5, 0.6) is 0 Å². The van der Waals surface area contributed by atoms with Gasteiger partial charge in [0, 0.05) is 13.1 Å². The summed E-state index contributed by atoms with van der Waals surface area (Å²) in [7, 11) is 0. The number of hydrogen-bond donors (Lipinski definition) is 3. The van der Waals surface area contributed by atoms with Gasteiger partial charge in [0.15, 0.2) is 5.96 Å². The zero-order chi connectivity index (χ0) is 8.81. The van der Waals surface area contributed by atoms with Gasteiger partial charge < -0.3 is 15.7 Å². The molecule has 0 aliphatic carbocycles. The zero-order valence-corrected chi connectivity index (χ0v) is 7.51. The van der Waals surface area contributed by atoms with Gasteiger partial charge in [0.1, 0.15) is 0 Å².